The monoisotopic (exact) mass is 303 g/mol. The Kier molecular flexibility index (Phi) is 4.10. The van der Waals surface area contributed by atoms with Gasteiger partial charge in [0.15, 0.2) is 0 Å². The molecule has 0 bridgehead atoms. The molecular weight excluding hydrogens is 294 g/mol. The van der Waals surface area contributed by atoms with Crippen molar-refractivity contribution in [3.8, 4) is 0 Å². The third-order valence-electron chi connectivity index (χ3n) is 2.52. The Morgan fingerprint density at radius 2 is 1.81 bits per heavy atom. The Morgan fingerprint density at radius 1 is 1.29 bits per heavy atom. The predicted molar refractivity (Wildman–Crippen MR) is 63.0 cm³/mol. The molecule has 0 aromatic carbocycles. The number of hydrogen-bond acceptors (Lipinski definition) is 10. The molecule has 0 radical (unpaired) electrons. The lowest BCUT2D eigenvalue weighted by Crippen LogP contribution is -2.50. The third kappa shape index (κ3) is 2.72. The van der Waals surface area contributed by atoms with Crippen molar-refractivity contribution in [2.75, 3.05) is 5.73 Å². The lowest BCUT2D eigenvalue weighted by Gasteiger charge is -2.14. The van der Waals surface area contributed by atoms with Crippen LogP contribution in [0.1, 0.15) is 19.8 Å². The second kappa shape index (κ2) is 5.43. The molecule has 0 unspecified atom stereocenters. The first-order valence-electron chi connectivity index (χ1n) is 5.28. The zero-order chi connectivity index (χ0) is 16.4. The molecule has 14 heteroatoms. The van der Waals surface area contributed by atoms with Crippen LogP contribution in [0.25, 0.3) is 0 Å². The van der Waals surface area contributed by atoms with Crippen LogP contribution in [0, 0.1) is 30.3 Å². The highest BCUT2D eigenvalue weighted by Crippen LogP contribution is 2.27. The van der Waals surface area contributed by atoms with E-state index < -0.39 is 51.1 Å². The highest BCUT2D eigenvalue weighted by Gasteiger charge is 2.63. The van der Waals surface area contributed by atoms with Gasteiger partial charge in [0.1, 0.15) is 22.1 Å². The summed E-state index contributed by atoms with van der Waals surface area (Å²) in [4.78, 5) is 43.1. The Bertz CT molecular complexity index is 609. The molecule has 0 amide bonds. The molecule has 0 atom stereocenters. The van der Waals surface area contributed by atoms with Gasteiger partial charge in [0.25, 0.3) is 0 Å². The maximum atomic E-state index is 11.1. The molecule has 0 aliphatic heterocycles. The van der Waals surface area contributed by atoms with Crippen LogP contribution in [-0.2, 0) is 10.6 Å². The molecule has 0 saturated carbocycles. The minimum absolute atomic E-state index is 0.0358. The van der Waals surface area contributed by atoms with Gasteiger partial charge < -0.3 is 20.6 Å². The zero-order valence-corrected chi connectivity index (χ0v) is 10.5. The van der Waals surface area contributed by atoms with E-state index in [4.69, 9.17) is 5.73 Å². The summed E-state index contributed by atoms with van der Waals surface area (Å²) >= 11 is 0. The Balaban J connectivity index is 3.48. The summed E-state index contributed by atoms with van der Waals surface area (Å²) in [5, 5.41) is 35.9. The summed E-state index contributed by atoms with van der Waals surface area (Å²) in [5.74, 6) is -5.69. The van der Waals surface area contributed by atoms with Gasteiger partial charge in [-0.05, 0) is 21.5 Å². The number of nitrogens with two attached hydrogens (primary N) is 1. The minimum atomic E-state index is -3.14. The molecule has 14 nitrogen and oxygen atoms in total. The van der Waals surface area contributed by atoms with Crippen molar-refractivity contribution in [1.82, 2.24) is 14.8 Å². The molecule has 1 rings (SSSR count). The number of nitrogens with zero attached hydrogens (tertiary/aromatic N) is 6. The molecule has 0 spiro atoms. The number of nitro groups is 3. The summed E-state index contributed by atoms with van der Waals surface area (Å²) < 4.78 is 0.0358. The van der Waals surface area contributed by atoms with Crippen LogP contribution in [0.3, 0.4) is 0 Å². The van der Waals surface area contributed by atoms with Crippen molar-refractivity contribution < 1.29 is 19.6 Å². The lowest BCUT2D eigenvalue weighted by molar-refractivity contribution is -0.835. The Labute approximate surface area is 115 Å². The minimum Gasteiger partial charge on any atom is -0.390 e. The number of ketones is 1. The number of Topliss-reactive ketones (excluding diaryl/α,β-unsaturated/α-hetero) is 1. The number of carbonyl (C=O) groups excluding carboxylic acids is 1. The van der Waals surface area contributed by atoms with Gasteiger partial charge in [0, 0.05) is 11.5 Å². The van der Waals surface area contributed by atoms with Crippen LogP contribution in [0.4, 0.5) is 11.9 Å². The standard InChI is InChI=1S/C7H9N7O7/c1-4(15)2-3-7(13(18)19,14(20)21)11-5(8)9-6(10-11)12(16)17/h2-3H2,1H3,(H2,8,9,10). The number of rotatable bonds is 7. The first-order chi connectivity index (χ1) is 9.62. The Morgan fingerprint density at radius 3 is 2.14 bits per heavy atom. The van der Waals surface area contributed by atoms with Crippen LogP contribution < -0.4 is 5.73 Å². The van der Waals surface area contributed by atoms with E-state index in [-0.39, 0.29) is 4.68 Å². The van der Waals surface area contributed by atoms with Crippen molar-refractivity contribution in [2.45, 2.75) is 25.6 Å². The molecular formula is C7H9N7O7. The topological polar surface area (TPSA) is 203 Å². The van der Waals surface area contributed by atoms with E-state index in [1.54, 1.807) is 0 Å². The molecule has 1 heterocycles. The average molecular weight is 303 g/mol. The molecule has 0 aliphatic carbocycles. The fraction of sp³-hybridized carbons (Fsp3) is 0.571. The molecule has 0 fully saturated rings. The van der Waals surface area contributed by atoms with E-state index in [0.717, 1.165) is 6.92 Å². The van der Waals surface area contributed by atoms with Crippen LogP contribution in [-0.4, -0.2) is 35.3 Å². The predicted octanol–water partition coefficient (Wildman–Crippen LogP) is -0.699. The zero-order valence-electron chi connectivity index (χ0n) is 10.5. The Hall–Kier alpha value is -3.19. The van der Waals surface area contributed by atoms with Gasteiger partial charge in [-0.1, -0.05) is 0 Å². The van der Waals surface area contributed by atoms with Gasteiger partial charge in [-0.15, -0.1) is 0 Å². The molecule has 0 aliphatic rings. The number of nitrogen functional groups attached to an aromatic ring is 1. The number of carbonyl (C=O) groups is 1. The molecule has 0 saturated heterocycles. The van der Waals surface area contributed by atoms with Gasteiger partial charge in [0.2, 0.25) is 0 Å². The van der Waals surface area contributed by atoms with E-state index in [2.05, 4.69) is 10.1 Å². The van der Waals surface area contributed by atoms with E-state index in [1.807, 2.05) is 0 Å². The fourth-order valence-electron chi connectivity index (χ4n) is 1.51. The first-order valence-corrected chi connectivity index (χ1v) is 5.28. The quantitative estimate of drug-likeness (QED) is 0.380. The van der Waals surface area contributed by atoms with Gasteiger partial charge in [-0.3, -0.25) is 20.2 Å². The average Bonchev–Trinajstić information content (AvgIpc) is 2.72. The maximum Gasteiger partial charge on any atom is 0.577 e. The summed E-state index contributed by atoms with van der Waals surface area (Å²) in [5.41, 5.74) is 5.24. The maximum absolute atomic E-state index is 11.1. The lowest BCUT2D eigenvalue weighted by atomic mass is 10.1. The van der Waals surface area contributed by atoms with Gasteiger partial charge in [-0.2, -0.15) is 0 Å². The number of hydrogen-bond donors (Lipinski definition) is 1. The summed E-state index contributed by atoms with van der Waals surface area (Å²) in [6.07, 6.45) is -1.40. The van der Waals surface area contributed by atoms with E-state index in [1.165, 1.54) is 0 Å². The van der Waals surface area contributed by atoms with Gasteiger partial charge in [-0.25, -0.2) is 0 Å². The molecule has 1 aromatic heterocycles. The second-order valence-electron chi connectivity index (χ2n) is 3.93. The van der Waals surface area contributed by atoms with Crippen molar-refractivity contribution in [1.29, 1.82) is 0 Å². The molecule has 114 valence electrons. The summed E-state index contributed by atoms with van der Waals surface area (Å²) in [7, 11) is 0. The van der Waals surface area contributed by atoms with Crippen molar-refractivity contribution in [3.63, 3.8) is 0 Å². The highest BCUT2D eigenvalue weighted by molar-refractivity contribution is 5.75. The van der Waals surface area contributed by atoms with Crippen LogP contribution in [0.15, 0.2) is 0 Å². The summed E-state index contributed by atoms with van der Waals surface area (Å²) in [6.45, 7) is 1.08. The van der Waals surface area contributed by atoms with Crippen molar-refractivity contribution >= 4 is 17.7 Å². The fourth-order valence-corrected chi connectivity index (χ4v) is 1.51. The molecule has 1 aromatic rings. The van der Waals surface area contributed by atoms with Crippen LogP contribution in [0.5, 0.6) is 0 Å². The van der Waals surface area contributed by atoms with E-state index >= 15 is 0 Å². The summed E-state index contributed by atoms with van der Waals surface area (Å²) in [6, 6.07) is 0. The largest absolute Gasteiger partial charge is 0.577 e. The smallest absolute Gasteiger partial charge is 0.390 e. The molecule has 2 N–H and O–H groups in total. The van der Waals surface area contributed by atoms with Crippen molar-refractivity contribution in [3.05, 3.63) is 30.3 Å². The van der Waals surface area contributed by atoms with Crippen molar-refractivity contribution in [2.24, 2.45) is 0 Å². The number of aromatic nitrogens is 3. The normalized spacial score (nSPS) is 11.1. The second-order valence-corrected chi connectivity index (χ2v) is 3.93. The highest BCUT2D eigenvalue weighted by atomic mass is 16.7. The molecule has 21 heavy (non-hydrogen) atoms. The first kappa shape index (κ1) is 15.9. The van der Waals surface area contributed by atoms with Gasteiger partial charge >= 0.3 is 17.7 Å². The van der Waals surface area contributed by atoms with E-state index in [0.29, 0.717) is 0 Å². The number of anilines is 1. The van der Waals surface area contributed by atoms with Gasteiger partial charge in [0.05, 0.1) is 0 Å². The SMILES string of the molecule is CC(=O)CCC(n1nc([N+](=O)[O-])nc1N)([N+](=O)[O-])[N+](=O)[O-]. The third-order valence-corrected chi connectivity index (χ3v) is 2.52. The van der Waals surface area contributed by atoms with E-state index in [9.17, 15) is 35.1 Å². The van der Waals surface area contributed by atoms with Crippen LogP contribution >= 0.6 is 0 Å². The van der Waals surface area contributed by atoms with Crippen LogP contribution in [0.2, 0.25) is 0 Å².